The predicted molar refractivity (Wildman–Crippen MR) is 78.5 cm³/mol. The summed E-state index contributed by atoms with van der Waals surface area (Å²) < 4.78 is 0. The molecule has 0 aliphatic carbocycles. The van der Waals surface area contributed by atoms with Crippen LogP contribution < -0.4 is 5.32 Å². The molecule has 1 N–H and O–H groups in total. The first-order valence-corrected chi connectivity index (χ1v) is 6.64. The third kappa shape index (κ3) is 3.83. The second-order valence-electron chi connectivity index (χ2n) is 4.54. The highest BCUT2D eigenvalue weighted by Crippen LogP contribution is 2.15. The molecule has 0 radical (unpaired) electrons. The van der Waals surface area contributed by atoms with Crippen LogP contribution in [-0.4, -0.2) is 11.9 Å². The van der Waals surface area contributed by atoms with E-state index in [1.165, 1.54) is 5.56 Å². The van der Waals surface area contributed by atoms with Crippen LogP contribution in [0.25, 0.3) is 0 Å². The third-order valence-corrected chi connectivity index (χ3v) is 3.21. The molecule has 0 fully saturated rings. The molecule has 0 bridgehead atoms. The number of hydrogen-bond acceptors (Lipinski definition) is 1. The smallest absolute Gasteiger partial charge is 0.253 e. The molecule has 0 aliphatic rings. The van der Waals surface area contributed by atoms with Crippen LogP contribution in [0.5, 0.6) is 0 Å². The molecule has 0 aromatic heterocycles. The number of rotatable bonds is 4. The van der Waals surface area contributed by atoms with Crippen LogP contribution >= 0.6 is 11.6 Å². The van der Waals surface area contributed by atoms with Crippen LogP contribution in [0, 0.1) is 0 Å². The summed E-state index contributed by atoms with van der Waals surface area (Å²) in [6.07, 6.45) is 0.803. The molecular formula is C16H16ClNO. The molecule has 98 valence electrons. The van der Waals surface area contributed by atoms with Gasteiger partial charge in [-0.25, -0.2) is 0 Å². The SMILES string of the molecule is CC(Cc1ccccc1)NC(=O)c1ccccc1Cl. The molecule has 3 heteroatoms. The van der Waals surface area contributed by atoms with Crippen LogP contribution in [-0.2, 0) is 6.42 Å². The van der Waals surface area contributed by atoms with E-state index in [9.17, 15) is 4.79 Å². The van der Waals surface area contributed by atoms with Gasteiger partial charge >= 0.3 is 0 Å². The van der Waals surface area contributed by atoms with Gasteiger partial charge in [0, 0.05) is 6.04 Å². The average Bonchev–Trinajstić information content (AvgIpc) is 2.40. The van der Waals surface area contributed by atoms with Gasteiger partial charge in [0.05, 0.1) is 10.6 Å². The second kappa shape index (κ2) is 6.39. The van der Waals surface area contributed by atoms with Gasteiger partial charge in [-0.2, -0.15) is 0 Å². The number of nitrogens with one attached hydrogen (secondary N) is 1. The van der Waals surface area contributed by atoms with Gasteiger partial charge in [0.2, 0.25) is 0 Å². The summed E-state index contributed by atoms with van der Waals surface area (Å²) in [4.78, 5) is 12.1. The lowest BCUT2D eigenvalue weighted by molar-refractivity contribution is 0.0940. The van der Waals surface area contributed by atoms with E-state index in [1.54, 1.807) is 12.1 Å². The highest BCUT2D eigenvalue weighted by molar-refractivity contribution is 6.33. The van der Waals surface area contributed by atoms with Crippen molar-refractivity contribution in [1.29, 1.82) is 0 Å². The highest BCUT2D eigenvalue weighted by Gasteiger charge is 2.12. The zero-order chi connectivity index (χ0) is 13.7. The van der Waals surface area contributed by atoms with Gasteiger partial charge in [0.25, 0.3) is 5.91 Å². The summed E-state index contributed by atoms with van der Waals surface area (Å²) >= 11 is 6.00. The minimum Gasteiger partial charge on any atom is -0.349 e. The van der Waals surface area contributed by atoms with Gasteiger partial charge in [-0.1, -0.05) is 54.1 Å². The van der Waals surface area contributed by atoms with Crippen LogP contribution in [0.3, 0.4) is 0 Å². The van der Waals surface area contributed by atoms with Crippen molar-refractivity contribution >= 4 is 17.5 Å². The Kier molecular flexibility index (Phi) is 4.58. The van der Waals surface area contributed by atoms with E-state index in [0.717, 1.165) is 6.42 Å². The Hall–Kier alpha value is -1.80. The fourth-order valence-corrected chi connectivity index (χ4v) is 2.19. The molecule has 1 amide bonds. The highest BCUT2D eigenvalue weighted by atomic mass is 35.5. The monoisotopic (exact) mass is 273 g/mol. The first-order chi connectivity index (χ1) is 9.16. The fourth-order valence-electron chi connectivity index (χ4n) is 1.97. The zero-order valence-corrected chi connectivity index (χ0v) is 11.5. The van der Waals surface area contributed by atoms with Crippen molar-refractivity contribution in [2.75, 3.05) is 0 Å². The maximum Gasteiger partial charge on any atom is 0.253 e. The van der Waals surface area contributed by atoms with Crippen molar-refractivity contribution in [1.82, 2.24) is 5.32 Å². The summed E-state index contributed by atoms with van der Waals surface area (Å²) in [5.41, 5.74) is 1.72. The normalized spacial score (nSPS) is 11.9. The summed E-state index contributed by atoms with van der Waals surface area (Å²) in [6, 6.07) is 17.2. The van der Waals surface area contributed by atoms with Crippen molar-refractivity contribution in [2.24, 2.45) is 0 Å². The van der Waals surface area contributed by atoms with Gasteiger partial charge in [-0.05, 0) is 31.0 Å². The van der Waals surface area contributed by atoms with E-state index in [0.29, 0.717) is 10.6 Å². The van der Waals surface area contributed by atoms with E-state index in [4.69, 9.17) is 11.6 Å². The van der Waals surface area contributed by atoms with Crippen LogP contribution in [0.15, 0.2) is 54.6 Å². The molecule has 2 nitrogen and oxygen atoms in total. The Labute approximate surface area is 118 Å². The first-order valence-electron chi connectivity index (χ1n) is 6.26. The molecule has 1 unspecified atom stereocenters. The Morgan fingerprint density at radius 2 is 1.74 bits per heavy atom. The third-order valence-electron chi connectivity index (χ3n) is 2.88. The molecule has 1 atom stereocenters. The zero-order valence-electron chi connectivity index (χ0n) is 10.8. The van der Waals surface area contributed by atoms with Gasteiger partial charge in [0.15, 0.2) is 0 Å². The Balaban J connectivity index is 1.98. The van der Waals surface area contributed by atoms with Gasteiger partial charge in [-0.3, -0.25) is 4.79 Å². The number of benzene rings is 2. The van der Waals surface area contributed by atoms with Crippen LogP contribution in [0.1, 0.15) is 22.8 Å². The number of amides is 1. The van der Waals surface area contributed by atoms with E-state index in [1.807, 2.05) is 37.3 Å². The minimum atomic E-state index is -0.131. The number of hydrogen-bond donors (Lipinski definition) is 1. The van der Waals surface area contributed by atoms with Crippen molar-refractivity contribution in [3.63, 3.8) is 0 Å². The minimum absolute atomic E-state index is 0.0613. The lowest BCUT2D eigenvalue weighted by Gasteiger charge is -2.14. The van der Waals surface area contributed by atoms with Gasteiger partial charge in [0.1, 0.15) is 0 Å². The Bertz CT molecular complexity index is 554. The largest absolute Gasteiger partial charge is 0.349 e. The number of halogens is 1. The average molecular weight is 274 g/mol. The maximum atomic E-state index is 12.1. The molecule has 2 aromatic rings. The van der Waals surface area contributed by atoms with Gasteiger partial charge < -0.3 is 5.32 Å². The first kappa shape index (κ1) is 13.6. The van der Waals surface area contributed by atoms with E-state index >= 15 is 0 Å². The Morgan fingerprint density at radius 1 is 1.11 bits per heavy atom. The fraction of sp³-hybridized carbons (Fsp3) is 0.188. The molecule has 19 heavy (non-hydrogen) atoms. The lowest BCUT2D eigenvalue weighted by atomic mass is 10.1. The standard InChI is InChI=1S/C16H16ClNO/c1-12(11-13-7-3-2-4-8-13)18-16(19)14-9-5-6-10-15(14)17/h2-10,12H,11H2,1H3,(H,18,19). The van der Waals surface area contributed by atoms with Crippen LogP contribution in [0.2, 0.25) is 5.02 Å². The predicted octanol–water partition coefficient (Wildman–Crippen LogP) is 3.70. The molecule has 0 saturated carbocycles. The van der Waals surface area contributed by atoms with E-state index < -0.39 is 0 Å². The van der Waals surface area contributed by atoms with Crippen molar-refractivity contribution in [3.8, 4) is 0 Å². The molecule has 0 saturated heterocycles. The molecule has 2 rings (SSSR count). The maximum absolute atomic E-state index is 12.1. The molecule has 0 spiro atoms. The van der Waals surface area contributed by atoms with Crippen molar-refractivity contribution in [3.05, 3.63) is 70.7 Å². The molecular weight excluding hydrogens is 258 g/mol. The quantitative estimate of drug-likeness (QED) is 0.904. The van der Waals surface area contributed by atoms with Crippen molar-refractivity contribution < 1.29 is 4.79 Å². The second-order valence-corrected chi connectivity index (χ2v) is 4.95. The molecule has 0 aliphatic heterocycles. The lowest BCUT2D eigenvalue weighted by Crippen LogP contribution is -2.34. The molecule has 0 heterocycles. The topological polar surface area (TPSA) is 29.1 Å². The molecule has 2 aromatic carbocycles. The van der Waals surface area contributed by atoms with Gasteiger partial charge in [-0.15, -0.1) is 0 Å². The summed E-state index contributed by atoms with van der Waals surface area (Å²) in [7, 11) is 0. The summed E-state index contributed by atoms with van der Waals surface area (Å²) in [6.45, 7) is 1.99. The number of carbonyl (C=O) groups excluding carboxylic acids is 1. The van der Waals surface area contributed by atoms with Crippen molar-refractivity contribution in [2.45, 2.75) is 19.4 Å². The summed E-state index contributed by atoms with van der Waals surface area (Å²) in [5, 5.41) is 3.44. The summed E-state index contributed by atoms with van der Waals surface area (Å²) in [5.74, 6) is -0.131. The van der Waals surface area contributed by atoms with Crippen LogP contribution in [0.4, 0.5) is 0 Å². The Morgan fingerprint density at radius 3 is 2.42 bits per heavy atom. The number of carbonyl (C=O) groups is 1. The van der Waals surface area contributed by atoms with E-state index in [2.05, 4.69) is 17.4 Å². The van der Waals surface area contributed by atoms with E-state index in [-0.39, 0.29) is 11.9 Å².